The minimum atomic E-state index is -3.73. The topological polar surface area (TPSA) is 98.6 Å². The van der Waals surface area contributed by atoms with Crippen molar-refractivity contribution in [1.29, 1.82) is 0 Å². The number of sulfonamides is 1. The Kier molecular flexibility index (Phi) is 5.20. The maximum Gasteiger partial charge on any atom is 0.243 e. The van der Waals surface area contributed by atoms with Gasteiger partial charge in [0.15, 0.2) is 9.84 Å². The van der Waals surface area contributed by atoms with Crippen molar-refractivity contribution in [2.45, 2.75) is 22.8 Å². The first-order valence-electron chi connectivity index (χ1n) is 8.17. The molecule has 0 bridgehead atoms. The average molecular weight is 399 g/mol. The fourth-order valence-electron chi connectivity index (χ4n) is 2.79. The van der Waals surface area contributed by atoms with Crippen molar-refractivity contribution >= 4 is 19.9 Å². The van der Waals surface area contributed by atoms with Gasteiger partial charge < -0.3 is 4.74 Å². The van der Waals surface area contributed by atoms with E-state index in [2.05, 4.69) is 5.10 Å². The smallest absolute Gasteiger partial charge is 0.243 e. The quantitative estimate of drug-likeness (QED) is 0.743. The van der Waals surface area contributed by atoms with Crippen LogP contribution >= 0.6 is 0 Å². The zero-order chi connectivity index (χ0) is 18.9. The summed E-state index contributed by atoms with van der Waals surface area (Å²) < 4.78 is 58.2. The van der Waals surface area contributed by atoms with Crippen molar-refractivity contribution in [1.82, 2.24) is 14.1 Å². The number of aryl methyl sites for hydroxylation is 1. The van der Waals surface area contributed by atoms with E-state index in [4.69, 9.17) is 4.74 Å². The largest absolute Gasteiger partial charge is 0.371 e. The first-order chi connectivity index (χ1) is 12.2. The van der Waals surface area contributed by atoms with Crippen molar-refractivity contribution in [3.63, 3.8) is 0 Å². The summed E-state index contributed by atoms with van der Waals surface area (Å²) in [5, 5.41) is 4.09. The molecule has 3 rings (SSSR count). The predicted molar refractivity (Wildman–Crippen MR) is 94.8 cm³/mol. The highest BCUT2D eigenvalue weighted by molar-refractivity contribution is 7.91. The first-order valence-corrected chi connectivity index (χ1v) is 11.3. The van der Waals surface area contributed by atoms with Crippen molar-refractivity contribution in [2.75, 3.05) is 25.4 Å². The summed E-state index contributed by atoms with van der Waals surface area (Å²) in [6, 6.07) is 5.36. The molecule has 1 fully saturated rings. The van der Waals surface area contributed by atoms with Crippen molar-refractivity contribution in [3.8, 4) is 0 Å². The Morgan fingerprint density at radius 3 is 2.38 bits per heavy atom. The van der Waals surface area contributed by atoms with Gasteiger partial charge in [-0.15, -0.1) is 0 Å². The molecule has 26 heavy (non-hydrogen) atoms. The molecule has 1 aliphatic heterocycles. The number of rotatable bonds is 5. The molecular weight excluding hydrogens is 378 g/mol. The number of morpholine rings is 1. The molecule has 0 aliphatic carbocycles. The Labute approximate surface area is 153 Å². The minimum Gasteiger partial charge on any atom is -0.371 e. The van der Waals surface area contributed by atoms with E-state index in [1.807, 2.05) is 0 Å². The molecule has 2 aromatic rings. The third-order valence-corrected chi connectivity index (χ3v) is 7.96. The number of benzene rings is 1. The van der Waals surface area contributed by atoms with Crippen LogP contribution in [0.3, 0.4) is 0 Å². The van der Waals surface area contributed by atoms with Crippen molar-refractivity contribution in [3.05, 3.63) is 42.2 Å². The van der Waals surface area contributed by atoms with Gasteiger partial charge in [-0.1, -0.05) is 6.92 Å². The number of hydrogen-bond acceptors (Lipinski definition) is 6. The first kappa shape index (κ1) is 19.0. The van der Waals surface area contributed by atoms with Crippen molar-refractivity contribution < 1.29 is 21.6 Å². The lowest BCUT2D eigenvalue weighted by molar-refractivity contribution is -0.00259. The molecule has 8 nitrogen and oxygen atoms in total. The monoisotopic (exact) mass is 399 g/mol. The van der Waals surface area contributed by atoms with Crippen LogP contribution in [0.1, 0.15) is 18.6 Å². The van der Waals surface area contributed by atoms with Gasteiger partial charge in [-0.3, -0.25) is 4.68 Å². The second kappa shape index (κ2) is 7.10. The van der Waals surface area contributed by atoms with E-state index in [9.17, 15) is 16.8 Å². The summed E-state index contributed by atoms with van der Waals surface area (Å²) >= 11 is 0. The van der Waals surface area contributed by atoms with Crippen LogP contribution in [-0.4, -0.2) is 56.4 Å². The maximum absolute atomic E-state index is 12.9. The van der Waals surface area contributed by atoms with Gasteiger partial charge >= 0.3 is 0 Å². The van der Waals surface area contributed by atoms with Crippen LogP contribution in [0.4, 0.5) is 0 Å². The highest BCUT2D eigenvalue weighted by atomic mass is 32.2. The van der Waals surface area contributed by atoms with E-state index in [0.29, 0.717) is 0 Å². The molecule has 0 spiro atoms. The second-order valence-electron chi connectivity index (χ2n) is 6.04. The van der Waals surface area contributed by atoms with E-state index in [-0.39, 0.29) is 41.3 Å². The summed E-state index contributed by atoms with van der Waals surface area (Å²) in [5.74, 6) is -0.0324. The van der Waals surface area contributed by atoms with Crippen molar-refractivity contribution in [2.24, 2.45) is 7.05 Å². The zero-order valence-corrected chi connectivity index (χ0v) is 16.2. The SMILES string of the molecule is CCS(=O)(=O)c1ccc(S(=O)(=O)N2CCO[C@@H](c3cnn(C)c3)C2)cc1. The fraction of sp³-hybridized carbons (Fsp3) is 0.438. The van der Waals surface area contributed by atoms with Gasteiger partial charge in [-0.05, 0) is 24.3 Å². The van der Waals surface area contributed by atoms with Crippen LogP contribution in [-0.2, 0) is 31.6 Å². The van der Waals surface area contributed by atoms with Crippen LogP contribution in [0.15, 0.2) is 46.5 Å². The van der Waals surface area contributed by atoms with E-state index in [0.717, 1.165) is 5.56 Å². The Hall–Kier alpha value is -1.75. The van der Waals surface area contributed by atoms with Gasteiger partial charge in [-0.25, -0.2) is 16.8 Å². The molecule has 1 atom stereocenters. The average Bonchev–Trinajstić information content (AvgIpc) is 3.08. The predicted octanol–water partition coefficient (Wildman–Crippen LogP) is 0.976. The highest BCUT2D eigenvalue weighted by Crippen LogP contribution is 2.26. The summed E-state index contributed by atoms with van der Waals surface area (Å²) in [6.07, 6.45) is 3.07. The van der Waals surface area contributed by atoms with Crippen LogP contribution in [0.5, 0.6) is 0 Å². The van der Waals surface area contributed by atoms with Gasteiger partial charge in [0.25, 0.3) is 0 Å². The van der Waals surface area contributed by atoms with Gasteiger partial charge in [0, 0.05) is 31.9 Å². The molecule has 2 heterocycles. The Bertz CT molecular complexity index is 981. The number of hydrogen-bond donors (Lipinski definition) is 0. The zero-order valence-electron chi connectivity index (χ0n) is 14.6. The van der Waals surface area contributed by atoms with Crippen LogP contribution in [0.2, 0.25) is 0 Å². The summed E-state index contributed by atoms with van der Waals surface area (Å²) in [7, 11) is -5.31. The highest BCUT2D eigenvalue weighted by Gasteiger charge is 2.32. The van der Waals surface area contributed by atoms with E-state index in [1.54, 1.807) is 31.0 Å². The molecule has 0 saturated carbocycles. The molecule has 0 amide bonds. The summed E-state index contributed by atoms with van der Waals surface area (Å²) in [6.45, 7) is 2.25. The fourth-order valence-corrected chi connectivity index (χ4v) is 5.10. The minimum absolute atomic E-state index is 0.0324. The standard InChI is InChI=1S/C16H21N3O5S2/c1-3-25(20,21)14-4-6-15(7-5-14)26(22,23)19-8-9-24-16(12-19)13-10-17-18(2)11-13/h4-7,10-11,16H,3,8-9,12H2,1-2H3/t16-/m1/s1. The van der Waals surface area contributed by atoms with E-state index < -0.39 is 19.9 Å². The molecular formula is C16H21N3O5S2. The van der Waals surface area contributed by atoms with Crippen LogP contribution in [0.25, 0.3) is 0 Å². The molecule has 142 valence electrons. The molecule has 0 radical (unpaired) electrons. The van der Waals surface area contributed by atoms with Gasteiger partial charge in [0.2, 0.25) is 10.0 Å². The molecule has 0 unspecified atom stereocenters. The number of aromatic nitrogens is 2. The molecule has 1 aromatic heterocycles. The van der Waals surface area contributed by atoms with E-state index >= 15 is 0 Å². The molecule has 10 heteroatoms. The lowest BCUT2D eigenvalue weighted by Gasteiger charge is -2.31. The maximum atomic E-state index is 12.9. The third-order valence-electron chi connectivity index (χ3n) is 4.33. The Morgan fingerprint density at radius 2 is 1.81 bits per heavy atom. The molecule has 1 saturated heterocycles. The lowest BCUT2D eigenvalue weighted by atomic mass is 10.2. The lowest BCUT2D eigenvalue weighted by Crippen LogP contribution is -2.42. The molecule has 1 aliphatic rings. The third kappa shape index (κ3) is 3.68. The Morgan fingerprint density at radius 1 is 1.15 bits per heavy atom. The van der Waals surface area contributed by atoms with Crippen LogP contribution < -0.4 is 0 Å². The second-order valence-corrected chi connectivity index (χ2v) is 10.3. The molecule has 0 N–H and O–H groups in total. The summed E-state index contributed by atoms with van der Waals surface area (Å²) in [4.78, 5) is 0.188. The number of sulfone groups is 1. The van der Waals surface area contributed by atoms with Gasteiger partial charge in [0.05, 0.1) is 34.5 Å². The van der Waals surface area contributed by atoms with Gasteiger partial charge in [-0.2, -0.15) is 9.40 Å². The molecule has 1 aromatic carbocycles. The Balaban J connectivity index is 1.83. The van der Waals surface area contributed by atoms with Crippen LogP contribution in [0, 0.1) is 0 Å². The number of ether oxygens (including phenoxy) is 1. The number of nitrogens with zero attached hydrogens (tertiary/aromatic N) is 3. The normalized spacial score (nSPS) is 19.5. The van der Waals surface area contributed by atoms with E-state index in [1.165, 1.54) is 28.6 Å². The van der Waals surface area contributed by atoms with Gasteiger partial charge in [0.1, 0.15) is 0 Å². The summed E-state index contributed by atoms with van der Waals surface area (Å²) in [5.41, 5.74) is 0.816.